The molecule has 0 bridgehead atoms. The number of hydrogen-bond donors (Lipinski definition) is 1. The number of fused-ring (bicyclic) bond motifs is 2. The highest BCUT2D eigenvalue weighted by Crippen LogP contribution is 2.60. The summed E-state index contributed by atoms with van der Waals surface area (Å²) in [5.41, 5.74) is 4.35. The number of cyclic esters (lactones) is 1. The lowest BCUT2D eigenvalue weighted by atomic mass is 9.82. The van der Waals surface area contributed by atoms with E-state index in [1.807, 2.05) is 41.4 Å². The summed E-state index contributed by atoms with van der Waals surface area (Å²) in [5.74, 6) is 0.541. The standard InChI is InChI=1S/C40H53N5O6Si/c1-27(2)9-8-10-28(3)17-21-45-35-16-11-31(44-22-24-50-39(44)48)25-34(35)40(38(45)47)29(4)37(52(6,7)33-14-12-32(49-5)13-15-33)36(51-40)18-20-43-26-30(19-23-46)41-42-43/h9,11-17,25-26,29,36-37,46H,8,10,18-24H2,1-7H3/b28-17+/t29-,36+,37-,40+/m0/s1. The van der Waals surface area contributed by atoms with Gasteiger partial charge in [0, 0.05) is 49.5 Å². The van der Waals surface area contributed by atoms with Gasteiger partial charge in [0.15, 0.2) is 5.60 Å². The van der Waals surface area contributed by atoms with Crippen LogP contribution >= 0.6 is 0 Å². The fourth-order valence-electron chi connectivity index (χ4n) is 8.42. The van der Waals surface area contributed by atoms with Gasteiger partial charge < -0.3 is 24.2 Å². The Morgan fingerprint density at radius 1 is 1.12 bits per heavy atom. The number of anilines is 2. The maximum Gasteiger partial charge on any atom is 0.414 e. The minimum absolute atomic E-state index is 0.00746. The third kappa shape index (κ3) is 7.08. The summed E-state index contributed by atoms with van der Waals surface area (Å²) in [7, 11) is -0.691. The molecule has 2 aromatic carbocycles. The highest BCUT2D eigenvalue weighted by Gasteiger charge is 2.66. The third-order valence-electron chi connectivity index (χ3n) is 11.2. The monoisotopic (exact) mass is 727 g/mol. The fraction of sp³-hybridized carbons (Fsp3) is 0.500. The van der Waals surface area contributed by atoms with Crippen LogP contribution < -0.4 is 19.7 Å². The topological polar surface area (TPSA) is 119 Å². The summed E-state index contributed by atoms with van der Waals surface area (Å²) in [6.07, 6.45) is 8.54. The number of benzene rings is 2. The van der Waals surface area contributed by atoms with E-state index in [9.17, 15) is 9.90 Å². The molecule has 3 aliphatic rings. The molecule has 1 N–H and O–H groups in total. The first kappa shape index (κ1) is 37.5. The van der Waals surface area contributed by atoms with E-state index in [0.717, 1.165) is 35.5 Å². The van der Waals surface area contributed by atoms with Crippen molar-refractivity contribution >= 4 is 36.6 Å². The SMILES string of the molecule is COc1ccc([Si](C)(C)[C@@H]2[C@@H](CCn3cc(CCO)nn3)O[C@]3(C(=O)N(C/C=C(\C)CCC=C(C)C)c4ccc(N5CCOC5=O)cc43)[C@H]2C)cc1. The van der Waals surface area contributed by atoms with Gasteiger partial charge in [-0.05, 0) is 75.9 Å². The minimum atomic E-state index is -2.36. The highest BCUT2D eigenvalue weighted by molar-refractivity contribution is 6.91. The zero-order valence-corrected chi connectivity index (χ0v) is 32.6. The molecular weight excluding hydrogens is 675 g/mol. The number of rotatable bonds is 14. The summed E-state index contributed by atoms with van der Waals surface area (Å²) >= 11 is 0. The molecule has 4 atom stereocenters. The van der Waals surface area contributed by atoms with Crippen LogP contribution in [0.5, 0.6) is 5.75 Å². The first-order valence-corrected chi connectivity index (χ1v) is 21.5. The van der Waals surface area contributed by atoms with Crippen LogP contribution in [0, 0.1) is 5.92 Å². The average Bonchev–Trinajstić information content (AvgIpc) is 3.88. The smallest absolute Gasteiger partial charge is 0.414 e. The zero-order valence-electron chi connectivity index (χ0n) is 31.6. The van der Waals surface area contributed by atoms with Crippen molar-refractivity contribution < 1.29 is 28.9 Å². The molecule has 0 radical (unpaired) electrons. The Morgan fingerprint density at radius 3 is 2.56 bits per heavy atom. The van der Waals surface area contributed by atoms with E-state index in [2.05, 4.69) is 75.4 Å². The Hall–Kier alpha value is -4.26. The molecule has 52 heavy (non-hydrogen) atoms. The first-order valence-electron chi connectivity index (χ1n) is 18.4. The molecule has 3 aliphatic heterocycles. The molecule has 12 heteroatoms. The first-order chi connectivity index (χ1) is 24.9. The van der Waals surface area contributed by atoms with Gasteiger partial charge in [-0.25, -0.2) is 4.79 Å². The lowest BCUT2D eigenvalue weighted by Gasteiger charge is -2.37. The van der Waals surface area contributed by atoms with E-state index in [4.69, 9.17) is 14.2 Å². The van der Waals surface area contributed by atoms with Gasteiger partial charge in [-0.3, -0.25) is 14.4 Å². The van der Waals surface area contributed by atoms with Gasteiger partial charge in [0.25, 0.3) is 5.91 Å². The van der Waals surface area contributed by atoms with Crippen LogP contribution in [0.3, 0.4) is 0 Å². The number of methoxy groups -OCH3 is 1. The molecule has 278 valence electrons. The van der Waals surface area contributed by atoms with Crippen molar-refractivity contribution in [1.82, 2.24) is 15.0 Å². The van der Waals surface area contributed by atoms with Gasteiger partial charge in [0.05, 0.1) is 39.2 Å². The molecule has 1 aromatic heterocycles. The lowest BCUT2D eigenvalue weighted by Crippen LogP contribution is -2.52. The maximum absolute atomic E-state index is 15.2. The van der Waals surface area contributed by atoms with Crippen molar-refractivity contribution in [3.8, 4) is 5.75 Å². The number of aromatic nitrogens is 3. The van der Waals surface area contributed by atoms with Gasteiger partial charge in [-0.15, -0.1) is 5.10 Å². The van der Waals surface area contributed by atoms with E-state index >= 15 is 4.79 Å². The van der Waals surface area contributed by atoms with Crippen LogP contribution in [0.25, 0.3) is 0 Å². The number of aliphatic hydroxyl groups is 1. The van der Waals surface area contributed by atoms with Crippen LogP contribution in [0.2, 0.25) is 18.6 Å². The Bertz CT molecular complexity index is 1830. The molecular formula is C40H53N5O6Si. The second-order valence-corrected chi connectivity index (χ2v) is 19.8. The van der Waals surface area contributed by atoms with E-state index in [0.29, 0.717) is 44.8 Å². The third-order valence-corrected chi connectivity index (χ3v) is 15.6. The average molecular weight is 728 g/mol. The molecule has 2 saturated heterocycles. The lowest BCUT2D eigenvalue weighted by molar-refractivity contribution is -0.145. The van der Waals surface area contributed by atoms with Crippen molar-refractivity contribution in [2.45, 2.75) is 90.3 Å². The van der Waals surface area contributed by atoms with E-state index in [-0.39, 0.29) is 36.2 Å². The summed E-state index contributed by atoms with van der Waals surface area (Å²) in [5, 5.41) is 19.2. The quantitative estimate of drug-likeness (QED) is 0.156. The minimum Gasteiger partial charge on any atom is -0.497 e. The van der Waals surface area contributed by atoms with Gasteiger partial charge in [-0.2, -0.15) is 0 Å². The Kier molecular flexibility index (Phi) is 11.1. The van der Waals surface area contributed by atoms with Gasteiger partial charge in [-0.1, -0.05) is 65.8 Å². The van der Waals surface area contributed by atoms with Crippen LogP contribution in [0.1, 0.15) is 58.2 Å². The second kappa shape index (κ2) is 15.4. The van der Waals surface area contributed by atoms with Gasteiger partial charge >= 0.3 is 6.09 Å². The predicted molar refractivity (Wildman–Crippen MR) is 205 cm³/mol. The number of aliphatic hydroxyl groups excluding tert-OH is 1. The van der Waals surface area contributed by atoms with Crippen LogP contribution in [-0.4, -0.2) is 79.7 Å². The van der Waals surface area contributed by atoms with Gasteiger partial charge in [0.1, 0.15) is 12.4 Å². The number of amides is 2. The van der Waals surface area contributed by atoms with Crippen molar-refractivity contribution in [3.63, 3.8) is 0 Å². The molecule has 2 amide bonds. The summed E-state index contributed by atoms with van der Waals surface area (Å²) < 4.78 is 19.9. The second-order valence-electron chi connectivity index (χ2n) is 15.1. The highest BCUT2D eigenvalue weighted by atomic mass is 28.3. The molecule has 0 aliphatic carbocycles. The number of carbonyl (C=O) groups is 2. The van der Waals surface area contributed by atoms with Crippen LogP contribution in [-0.2, 0) is 32.8 Å². The van der Waals surface area contributed by atoms with Crippen molar-refractivity contribution in [2.75, 3.05) is 43.2 Å². The number of nitrogens with zero attached hydrogens (tertiary/aromatic N) is 5. The molecule has 4 heterocycles. The summed E-state index contributed by atoms with van der Waals surface area (Å²) in [4.78, 5) is 31.5. The number of ether oxygens (including phenoxy) is 3. The fourth-order valence-corrected chi connectivity index (χ4v) is 12.5. The Labute approximate surface area is 308 Å². The van der Waals surface area contributed by atoms with Crippen molar-refractivity contribution in [3.05, 3.63) is 83.2 Å². The van der Waals surface area contributed by atoms with Crippen LogP contribution in [0.4, 0.5) is 16.2 Å². The number of allylic oxidation sites excluding steroid dienone is 3. The molecule has 0 unspecified atom stereocenters. The maximum atomic E-state index is 15.2. The predicted octanol–water partition coefficient (Wildman–Crippen LogP) is 6.12. The van der Waals surface area contributed by atoms with E-state index in [1.54, 1.807) is 16.7 Å². The number of hydrogen-bond acceptors (Lipinski definition) is 8. The molecule has 6 rings (SSSR count). The van der Waals surface area contributed by atoms with E-state index < -0.39 is 13.7 Å². The largest absolute Gasteiger partial charge is 0.497 e. The van der Waals surface area contributed by atoms with Crippen molar-refractivity contribution in [2.24, 2.45) is 5.92 Å². The van der Waals surface area contributed by atoms with E-state index in [1.165, 1.54) is 16.3 Å². The van der Waals surface area contributed by atoms with Crippen LogP contribution in [0.15, 0.2) is 72.0 Å². The Balaban J connectivity index is 1.42. The number of carbonyl (C=O) groups excluding carboxylic acids is 2. The molecule has 11 nitrogen and oxygen atoms in total. The molecule has 2 fully saturated rings. The zero-order chi connectivity index (χ0) is 37.2. The summed E-state index contributed by atoms with van der Waals surface area (Å²) in [6.45, 7) is 15.0. The molecule has 1 spiro atoms. The van der Waals surface area contributed by atoms with Crippen molar-refractivity contribution in [1.29, 1.82) is 0 Å². The Morgan fingerprint density at radius 2 is 1.88 bits per heavy atom. The normalized spacial score (nSPS) is 23.1. The molecule has 0 saturated carbocycles. The molecule has 3 aromatic rings. The van der Waals surface area contributed by atoms with Gasteiger partial charge in [0.2, 0.25) is 0 Å². The summed E-state index contributed by atoms with van der Waals surface area (Å²) in [6, 6.07) is 14.2. The number of aryl methyl sites for hydroxylation is 1.